The highest BCUT2D eigenvalue weighted by Crippen LogP contribution is 2.24. The van der Waals surface area contributed by atoms with E-state index in [0.717, 1.165) is 18.8 Å². The molecule has 0 unspecified atom stereocenters. The number of hydrogen-bond donors (Lipinski definition) is 1. The molecule has 1 heterocycles. The predicted molar refractivity (Wildman–Crippen MR) is 77.2 cm³/mol. The highest BCUT2D eigenvalue weighted by Gasteiger charge is 2.17. The van der Waals surface area contributed by atoms with Crippen LogP contribution >= 0.6 is 11.8 Å². The van der Waals surface area contributed by atoms with E-state index in [4.69, 9.17) is 5.73 Å². The summed E-state index contributed by atoms with van der Waals surface area (Å²) in [5.74, 6) is 1.30. The molecule has 1 aliphatic rings. The summed E-state index contributed by atoms with van der Waals surface area (Å²) in [4.78, 5) is 2.53. The van der Waals surface area contributed by atoms with Crippen LogP contribution in [-0.2, 0) is 13.1 Å². The van der Waals surface area contributed by atoms with Crippen molar-refractivity contribution < 1.29 is 0 Å². The Morgan fingerprint density at radius 2 is 2.00 bits per heavy atom. The molecular formula is C14H22N2S. The van der Waals surface area contributed by atoms with Gasteiger partial charge in [0.25, 0.3) is 0 Å². The van der Waals surface area contributed by atoms with Gasteiger partial charge in [0.15, 0.2) is 0 Å². The Labute approximate surface area is 109 Å². The third-order valence-electron chi connectivity index (χ3n) is 3.34. The van der Waals surface area contributed by atoms with Gasteiger partial charge in [0.1, 0.15) is 0 Å². The molecule has 0 bridgehead atoms. The number of nitrogens with two attached hydrogens (primary N) is 1. The third-order valence-corrected chi connectivity index (χ3v) is 4.04. The highest BCUT2D eigenvalue weighted by atomic mass is 32.2. The van der Waals surface area contributed by atoms with E-state index in [1.54, 1.807) is 0 Å². The SMILES string of the molecule is CSCCCCCN1Cc2ccc(N)cc2C1. The lowest BCUT2D eigenvalue weighted by Gasteiger charge is -2.14. The molecule has 0 amide bonds. The van der Waals surface area contributed by atoms with Crippen molar-refractivity contribution in [1.82, 2.24) is 4.90 Å². The Balaban J connectivity index is 1.73. The van der Waals surface area contributed by atoms with Gasteiger partial charge in [-0.1, -0.05) is 12.5 Å². The largest absolute Gasteiger partial charge is 0.399 e. The molecule has 1 aliphatic heterocycles. The van der Waals surface area contributed by atoms with Gasteiger partial charge in [0.2, 0.25) is 0 Å². The van der Waals surface area contributed by atoms with Crippen molar-refractivity contribution in [3.05, 3.63) is 29.3 Å². The Bertz CT molecular complexity index is 365. The van der Waals surface area contributed by atoms with Gasteiger partial charge in [0, 0.05) is 18.8 Å². The second-order valence-electron chi connectivity index (χ2n) is 4.79. The number of hydrogen-bond acceptors (Lipinski definition) is 3. The fraction of sp³-hybridized carbons (Fsp3) is 0.571. The average molecular weight is 250 g/mol. The van der Waals surface area contributed by atoms with Crippen LogP contribution in [0.2, 0.25) is 0 Å². The Hall–Kier alpha value is -0.670. The minimum absolute atomic E-state index is 0.894. The third kappa shape index (κ3) is 3.65. The molecule has 0 atom stereocenters. The van der Waals surface area contributed by atoms with E-state index < -0.39 is 0 Å². The van der Waals surface area contributed by atoms with Crippen LogP contribution in [0.15, 0.2) is 18.2 Å². The van der Waals surface area contributed by atoms with Gasteiger partial charge in [-0.05, 0) is 54.7 Å². The summed E-state index contributed by atoms with van der Waals surface area (Å²) in [5, 5.41) is 0. The number of fused-ring (bicyclic) bond motifs is 1. The number of unbranched alkanes of at least 4 members (excludes halogenated alkanes) is 2. The first-order chi connectivity index (χ1) is 8.29. The molecule has 0 spiro atoms. The van der Waals surface area contributed by atoms with Crippen LogP contribution in [0, 0.1) is 0 Å². The maximum absolute atomic E-state index is 5.81. The number of benzene rings is 1. The fourth-order valence-corrected chi connectivity index (χ4v) is 2.89. The van der Waals surface area contributed by atoms with Crippen LogP contribution in [0.3, 0.4) is 0 Å². The maximum atomic E-state index is 5.81. The normalized spacial score (nSPS) is 15.1. The molecule has 0 aromatic heterocycles. The molecule has 1 aromatic carbocycles. The van der Waals surface area contributed by atoms with E-state index in [0.29, 0.717) is 0 Å². The number of rotatable bonds is 6. The van der Waals surface area contributed by atoms with E-state index in [1.807, 2.05) is 17.8 Å². The summed E-state index contributed by atoms with van der Waals surface area (Å²) in [5.41, 5.74) is 9.59. The first kappa shape index (κ1) is 12.8. The van der Waals surface area contributed by atoms with Crippen molar-refractivity contribution in [2.24, 2.45) is 0 Å². The second-order valence-corrected chi connectivity index (χ2v) is 5.78. The molecule has 0 saturated heterocycles. The summed E-state index contributed by atoms with van der Waals surface area (Å²) >= 11 is 1.95. The molecule has 0 aliphatic carbocycles. The van der Waals surface area contributed by atoms with Gasteiger partial charge in [-0.2, -0.15) is 11.8 Å². The van der Waals surface area contributed by atoms with Gasteiger partial charge >= 0.3 is 0 Å². The summed E-state index contributed by atoms with van der Waals surface area (Å²) in [6, 6.07) is 6.32. The first-order valence-corrected chi connectivity index (χ1v) is 7.77. The fourth-order valence-electron chi connectivity index (χ4n) is 2.40. The van der Waals surface area contributed by atoms with E-state index >= 15 is 0 Å². The molecule has 2 N–H and O–H groups in total. The Kier molecular flexibility index (Phi) is 4.75. The predicted octanol–water partition coefficient (Wildman–Crippen LogP) is 3.12. The lowest BCUT2D eigenvalue weighted by molar-refractivity contribution is 0.277. The van der Waals surface area contributed by atoms with Gasteiger partial charge < -0.3 is 5.73 Å². The van der Waals surface area contributed by atoms with Gasteiger partial charge in [0.05, 0.1) is 0 Å². The number of anilines is 1. The van der Waals surface area contributed by atoms with Crippen LogP contribution in [0.5, 0.6) is 0 Å². The summed E-state index contributed by atoms with van der Waals surface area (Å²) in [7, 11) is 0. The Morgan fingerprint density at radius 1 is 1.18 bits per heavy atom. The van der Waals surface area contributed by atoms with Crippen LogP contribution in [0.1, 0.15) is 30.4 Å². The van der Waals surface area contributed by atoms with Crippen molar-refractivity contribution in [1.29, 1.82) is 0 Å². The minimum atomic E-state index is 0.894. The highest BCUT2D eigenvalue weighted by molar-refractivity contribution is 7.98. The molecular weight excluding hydrogens is 228 g/mol. The van der Waals surface area contributed by atoms with Crippen molar-refractivity contribution in [3.8, 4) is 0 Å². The molecule has 2 nitrogen and oxygen atoms in total. The molecule has 94 valence electrons. The number of nitrogen functional groups attached to an aromatic ring is 1. The molecule has 2 rings (SSSR count). The molecule has 3 heteroatoms. The quantitative estimate of drug-likeness (QED) is 0.621. The standard InChI is InChI=1S/C14H22N2S/c1-17-8-4-2-3-7-16-10-12-5-6-14(15)9-13(12)11-16/h5-6,9H,2-4,7-8,10-11,15H2,1H3. The van der Waals surface area contributed by atoms with E-state index in [2.05, 4.69) is 23.3 Å². The van der Waals surface area contributed by atoms with Crippen molar-refractivity contribution >= 4 is 17.4 Å². The molecule has 1 aromatic rings. The monoisotopic (exact) mass is 250 g/mol. The van der Waals surface area contributed by atoms with Gasteiger partial charge in [-0.3, -0.25) is 4.90 Å². The van der Waals surface area contributed by atoms with Crippen LogP contribution < -0.4 is 5.73 Å². The van der Waals surface area contributed by atoms with Crippen molar-refractivity contribution in [3.63, 3.8) is 0 Å². The zero-order chi connectivity index (χ0) is 12.1. The van der Waals surface area contributed by atoms with Crippen LogP contribution in [0.4, 0.5) is 5.69 Å². The number of thioether (sulfide) groups is 1. The van der Waals surface area contributed by atoms with Gasteiger partial charge in [-0.25, -0.2) is 0 Å². The summed E-state index contributed by atoms with van der Waals surface area (Å²) in [6.07, 6.45) is 6.22. The van der Waals surface area contributed by atoms with E-state index in [1.165, 1.54) is 42.7 Å². The molecule has 17 heavy (non-hydrogen) atoms. The van der Waals surface area contributed by atoms with Gasteiger partial charge in [-0.15, -0.1) is 0 Å². The molecule has 0 fully saturated rings. The average Bonchev–Trinajstić information content (AvgIpc) is 2.70. The van der Waals surface area contributed by atoms with Crippen LogP contribution in [0.25, 0.3) is 0 Å². The lowest BCUT2D eigenvalue weighted by Crippen LogP contribution is -2.17. The van der Waals surface area contributed by atoms with E-state index in [-0.39, 0.29) is 0 Å². The lowest BCUT2D eigenvalue weighted by atomic mass is 10.1. The maximum Gasteiger partial charge on any atom is 0.0317 e. The summed E-state index contributed by atoms with van der Waals surface area (Å²) in [6.45, 7) is 3.42. The topological polar surface area (TPSA) is 29.3 Å². The zero-order valence-corrected chi connectivity index (χ0v) is 11.4. The Morgan fingerprint density at radius 3 is 2.82 bits per heavy atom. The molecule has 0 saturated carbocycles. The smallest absolute Gasteiger partial charge is 0.0317 e. The zero-order valence-electron chi connectivity index (χ0n) is 10.6. The van der Waals surface area contributed by atoms with Crippen molar-refractivity contribution in [2.45, 2.75) is 32.4 Å². The minimum Gasteiger partial charge on any atom is -0.399 e. The van der Waals surface area contributed by atoms with Crippen molar-refractivity contribution in [2.75, 3.05) is 24.3 Å². The molecule has 0 radical (unpaired) electrons. The summed E-state index contributed by atoms with van der Waals surface area (Å²) < 4.78 is 0. The van der Waals surface area contributed by atoms with E-state index in [9.17, 15) is 0 Å². The second kappa shape index (κ2) is 6.31. The first-order valence-electron chi connectivity index (χ1n) is 6.38. The number of nitrogens with zero attached hydrogens (tertiary/aromatic N) is 1. The van der Waals surface area contributed by atoms with Crippen LogP contribution in [-0.4, -0.2) is 23.5 Å².